The molecule has 0 aliphatic carbocycles. The molecule has 0 aromatic heterocycles. The minimum atomic E-state index is -0.551. The van der Waals surface area contributed by atoms with Gasteiger partial charge in [0.15, 0.2) is 0 Å². The summed E-state index contributed by atoms with van der Waals surface area (Å²) in [5.74, 6) is 0. The predicted molar refractivity (Wildman–Crippen MR) is 38.2 cm³/mol. The van der Waals surface area contributed by atoms with E-state index in [-0.39, 0.29) is 0 Å². The van der Waals surface area contributed by atoms with Crippen LogP contribution in [-0.4, -0.2) is 4.93 Å². The molecule has 0 bridgehead atoms. The van der Waals surface area contributed by atoms with E-state index in [0.29, 0.717) is 0 Å². The average molecular weight is 194 g/mol. The van der Waals surface area contributed by atoms with Gasteiger partial charge in [-0.1, -0.05) is 0 Å². The molecule has 0 aromatic carbocycles. The van der Waals surface area contributed by atoms with Crippen molar-refractivity contribution in [2.24, 2.45) is 0 Å². The summed E-state index contributed by atoms with van der Waals surface area (Å²) in [5, 5.41) is 0. The van der Waals surface area contributed by atoms with Crippen LogP contribution in [0.3, 0.4) is 0 Å². The van der Waals surface area contributed by atoms with Crippen molar-refractivity contribution in [2.75, 3.05) is 4.93 Å². The second-order valence-corrected chi connectivity index (χ2v) is 5.85. The monoisotopic (exact) mass is 194 g/mol. The molecule has 1 aliphatic rings. The first-order chi connectivity index (χ1) is 2.89. The van der Waals surface area contributed by atoms with Crippen LogP contribution in [0.1, 0.15) is 0 Å². The van der Waals surface area contributed by atoms with Crippen LogP contribution in [0.5, 0.6) is 0 Å². The second kappa shape index (κ2) is 1.78. The summed E-state index contributed by atoms with van der Waals surface area (Å²) in [6.07, 6.45) is 4.29. The Morgan fingerprint density at radius 1 is 1.17 bits per heavy atom. The number of halogens is 1. The van der Waals surface area contributed by atoms with Crippen molar-refractivity contribution in [3.63, 3.8) is 0 Å². The fourth-order valence-corrected chi connectivity index (χ4v) is 2.38. The van der Waals surface area contributed by atoms with Crippen LogP contribution in [-0.2, 0) is 0 Å². The summed E-state index contributed by atoms with van der Waals surface area (Å²) in [5.41, 5.74) is 0. The molecule has 0 saturated heterocycles. The molecule has 0 saturated carbocycles. The Labute approximate surface area is 45.3 Å². The van der Waals surface area contributed by atoms with Crippen LogP contribution >= 0.6 is 19.8 Å². The van der Waals surface area contributed by atoms with Gasteiger partial charge < -0.3 is 0 Å². The van der Waals surface area contributed by atoms with E-state index in [9.17, 15) is 0 Å². The fourth-order valence-electron chi connectivity index (χ4n) is 0.355. The summed E-state index contributed by atoms with van der Waals surface area (Å²) >= 11 is -0.551. The van der Waals surface area contributed by atoms with Crippen molar-refractivity contribution < 1.29 is 0 Å². The first kappa shape index (κ1) is 4.37. The van der Waals surface area contributed by atoms with Gasteiger partial charge in [0.05, 0.1) is 0 Å². The van der Waals surface area contributed by atoms with Crippen LogP contribution in [0.2, 0.25) is 0 Å². The SMILES string of the molecule is CI1C=CC=C1. The first-order valence-electron chi connectivity index (χ1n) is 1.81. The molecule has 1 heteroatoms. The predicted octanol–water partition coefficient (Wildman–Crippen LogP) is 2.16. The number of hydrogen-bond donors (Lipinski definition) is 0. The van der Waals surface area contributed by atoms with Gasteiger partial charge in [0.25, 0.3) is 0 Å². The molecule has 1 aliphatic heterocycles. The van der Waals surface area contributed by atoms with Crippen molar-refractivity contribution in [3.8, 4) is 0 Å². The average Bonchev–Trinajstić information content (AvgIpc) is 1.86. The van der Waals surface area contributed by atoms with Crippen molar-refractivity contribution in [3.05, 3.63) is 20.3 Å². The Balaban J connectivity index is 2.60. The number of rotatable bonds is 0. The standard InChI is InChI=1S/C5H7I/c1-6-4-2-3-5-6/h2-5H,1H3. The zero-order valence-corrected chi connectivity index (χ0v) is 5.84. The first-order valence-corrected chi connectivity index (χ1v) is 6.46. The molecule has 34 valence electrons. The molecule has 0 amide bonds. The zero-order valence-electron chi connectivity index (χ0n) is 3.69. The Kier molecular flexibility index (Phi) is 1.29. The van der Waals surface area contributed by atoms with Crippen molar-refractivity contribution in [2.45, 2.75) is 0 Å². The van der Waals surface area contributed by atoms with Gasteiger partial charge in [-0.05, 0) is 0 Å². The summed E-state index contributed by atoms with van der Waals surface area (Å²) in [6, 6.07) is 0. The third-order valence-corrected chi connectivity index (χ3v) is 3.75. The zero-order chi connectivity index (χ0) is 4.41. The molecule has 0 fully saturated rings. The molecule has 0 aromatic rings. The van der Waals surface area contributed by atoms with Crippen molar-refractivity contribution in [1.29, 1.82) is 0 Å². The summed E-state index contributed by atoms with van der Waals surface area (Å²) < 4.78 is 4.65. The van der Waals surface area contributed by atoms with Gasteiger partial charge in [0.1, 0.15) is 0 Å². The van der Waals surface area contributed by atoms with Gasteiger partial charge in [-0.15, -0.1) is 0 Å². The van der Waals surface area contributed by atoms with E-state index < -0.39 is 19.8 Å². The van der Waals surface area contributed by atoms with Crippen molar-refractivity contribution in [1.82, 2.24) is 0 Å². The third-order valence-electron chi connectivity index (χ3n) is 0.654. The summed E-state index contributed by atoms with van der Waals surface area (Å²) in [7, 11) is 0. The molecular weight excluding hydrogens is 187 g/mol. The minimum absolute atomic E-state index is 0.551. The van der Waals surface area contributed by atoms with Gasteiger partial charge in [-0.3, -0.25) is 0 Å². The summed E-state index contributed by atoms with van der Waals surface area (Å²) in [6.45, 7) is 0. The van der Waals surface area contributed by atoms with E-state index in [1.165, 1.54) is 0 Å². The van der Waals surface area contributed by atoms with Crippen LogP contribution < -0.4 is 0 Å². The van der Waals surface area contributed by atoms with Gasteiger partial charge in [-0.25, -0.2) is 0 Å². The van der Waals surface area contributed by atoms with Gasteiger partial charge in [-0.2, -0.15) is 0 Å². The molecular formula is C5H7I. The van der Waals surface area contributed by atoms with Gasteiger partial charge in [0.2, 0.25) is 0 Å². The number of alkyl halides is 1. The molecule has 1 heterocycles. The molecule has 0 N–H and O–H groups in total. The van der Waals surface area contributed by atoms with E-state index in [4.69, 9.17) is 0 Å². The third kappa shape index (κ3) is 0.834. The quantitative estimate of drug-likeness (QED) is 0.409. The Morgan fingerprint density at radius 2 is 1.67 bits per heavy atom. The van der Waals surface area contributed by atoms with Crippen LogP contribution in [0.4, 0.5) is 0 Å². The molecule has 0 unspecified atom stereocenters. The molecule has 1 rings (SSSR count). The molecule has 0 radical (unpaired) electrons. The fraction of sp³-hybridized carbons (Fsp3) is 0.200. The van der Waals surface area contributed by atoms with Crippen LogP contribution in [0, 0.1) is 0 Å². The molecule has 0 nitrogen and oxygen atoms in total. The van der Waals surface area contributed by atoms with E-state index in [0.717, 1.165) is 0 Å². The maximum absolute atomic E-state index is 2.32. The van der Waals surface area contributed by atoms with Crippen LogP contribution in [0.25, 0.3) is 0 Å². The number of hydrogen-bond acceptors (Lipinski definition) is 0. The molecule has 6 heavy (non-hydrogen) atoms. The maximum atomic E-state index is 2.32. The van der Waals surface area contributed by atoms with E-state index in [2.05, 4.69) is 25.2 Å². The molecule has 0 spiro atoms. The number of allylic oxidation sites excluding steroid dienone is 2. The Hall–Kier alpha value is 0.210. The van der Waals surface area contributed by atoms with E-state index in [1.54, 1.807) is 0 Å². The van der Waals surface area contributed by atoms with E-state index in [1.807, 2.05) is 0 Å². The molecule has 0 atom stereocenters. The van der Waals surface area contributed by atoms with Gasteiger partial charge >= 0.3 is 45.1 Å². The Bertz CT molecular complexity index is 80.1. The van der Waals surface area contributed by atoms with Gasteiger partial charge in [0, 0.05) is 0 Å². The normalized spacial score (nSPS) is 23.2. The van der Waals surface area contributed by atoms with Crippen LogP contribution in [0.15, 0.2) is 20.3 Å². The van der Waals surface area contributed by atoms with Crippen molar-refractivity contribution >= 4 is 19.8 Å². The Morgan fingerprint density at radius 3 is 1.83 bits per heavy atom. The van der Waals surface area contributed by atoms with E-state index >= 15 is 0 Å². The second-order valence-electron chi connectivity index (χ2n) is 1.20. The summed E-state index contributed by atoms with van der Waals surface area (Å²) in [4.78, 5) is 2.32. The topological polar surface area (TPSA) is 0 Å².